The van der Waals surface area contributed by atoms with Crippen LogP contribution in [0.25, 0.3) is 33.8 Å². The van der Waals surface area contributed by atoms with Crippen LogP contribution in [0.5, 0.6) is 0 Å². The van der Waals surface area contributed by atoms with Crippen molar-refractivity contribution in [1.29, 1.82) is 0 Å². The molecule has 0 spiro atoms. The first-order valence-corrected chi connectivity index (χ1v) is 8.01. The maximum Gasteiger partial charge on any atom is 0.328 e. The second kappa shape index (κ2) is 5.91. The molecule has 0 saturated heterocycles. The van der Waals surface area contributed by atoms with Gasteiger partial charge in [0.05, 0.1) is 11.4 Å². The van der Waals surface area contributed by atoms with E-state index in [-0.39, 0.29) is 0 Å². The number of hydrogen-bond donors (Lipinski definition) is 1. The molecule has 2 heterocycles. The van der Waals surface area contributed by atoms with E-state index in [1.54, 1.807) is 6.08 Å². The van der Waals surface area contributed by atoms with Crippen LogP contribution in [0.4, 0.5) is 0 Å². The fourth-order valence-corrected chi connectivity index (χ4v) is 3.02. The Balaban J connectivity index is 1.97. The Kier molecular flexibility index (Phi) is 3.58. The third-order valence-electron chi connectivity index (χ3n) is 4.23. The molecule has 2 aromatic carbocycles. The summed E-state index contributed by atoms with van der Waals surface area (Å²) >= 11 is 0. The van der Waals surface area contributed by atoms with Crippen molar-refractivity contribution in [3.05, 3.63) is 78.1 Å². The van der Waals surface area contributed by atoms with E-state index in [2.05, 4.69) is 24.3 Å². The van der Waals surface area contributed by atoms with Crippen LogP contribution in [0, 0.1) is 6.92 Å². The van der Waals surface area contributed by atoms with Crippen molar-refractivity contribution in [3.63, 3.8) is 0 Å². The summed E-state index contributed by atoms with van der Waals surface area (Å²) in [6.45, 7) is 2.01. The maximum absolute atomic E-state index is 11.0. The normalized spacial score (nSPS) is 11.6. The number of pyridine rings is 1. The molecule has 0 amide bonds. The van der Waals surface area contributed by atoms with Crippen LogP contribution in [0.3, 0.4) is 0 Å². The number of aromatic nitrogens is 2. The summed E-state index contributed by atoms with van der Waals surface area (Å²) in [5.74, 6) is -0.980. The van der Waals surface area contributed by atoms with Crippen LogP contribution in [0.1, 0.15) is 11.3 Å². The van der Waals surface area contributed by atoms with E-state index >= 15 is 0 Å². The lowest BCUT2D eigenvalue weighted by atomic mass is 10.0. The molecule has 1 N–H and O–H groups in total. The monoisotopic (exact) mass is 328 g/mol. The zero-order valence-electron chi connectivity index (χ0n) is 13.7. The first-order valence-electron chi connectivity index (χ1n) is 8.01. The zero-order valence-corrected chi connectivity index (χ0v) is 13.7. The molecular formula is C21H16N2O2. The molecule has 0 bridgehead atoms. The number of hydrogen-bond acceptors (Lipinski definition) is 2. The van der Waals surface area contributed by atoms with Crippen molar-refractivity contribution in [2.45, 2.75) is 6.92 Å². The largest absolute Gasteiger partial charge is 0.478 e. The number of aliphatic carboxylic acids is 1. The number of benzene rings is 2. The summed E-state index contributed by atoms with van der Waals surface area (Å²) in [4.78, 5) is 15.7. The predicted molar refractivity (Wildman–Crippen MR) is 99.5 cm³/mol. The summed E-state index contributed by atoms with van der Waals surface area (Å²) in [5.41, 5.74) is 4.40. The Morgan fingerprint density at radius 1 is 1.08 bits per heavy atom. The molecule has 0 saturated carbocycles. The Morgan fingerprint density at radius 3 is 2.68 bits per heavy atom. The quantitative estimate of drug-likeness (QED) is 0.561. The maximum atomic E-state index is 11.0. The number of rotatable bonds is 3. The first kappa shape index (κ1) is 15.1. The van der Waals surface area contributed by atoms with Crippen molar-refractivity contribution in [3.8, 4) is 11.3 Å². The number of carboxylic acids is 1. The van der Waals surface area contributed by atoms with Gasteiger partial charge in [0.15, 0.2) is 0 Å². The minimum Gasteiger partial charge on any atom is -0.478 e. The van der Waals surface area contributed by atoms with Gasteiger partial charge in [-0.05, 0) is 47.5 Å². The van der Waals surface area contributed by atoms with Gasteiger partial charge in [-0.1, -0.05) is 36.4 Å². The van der Waals surface area contributed by atoms with E-state index in [0.29, 0.717) is 0 Å². The van der Waals surface area contributed by atoms with Gasteiger partial charge in [0.1, 0.15) is 5.65 Å². The molecule has 0 atom stereocenters. The molecule has 0 aliphatic carbocycles. The van der Waals surface area contributed by atoms with Crippen molar-refractivity contribution in [2.75, 3.05) is 0 Å². The van der Waals surface area contributed by atoms with E-state index in [9.17, 15) is 4.79 Å². The van der Waals surface area contributed by atoms with E-state index in [4.69, 9.17) is 10.1 Å². The fourth-order valence-electron chi connectivity index (χ4n) is 3.02. The molecule has 25 heavy (non-hydrogen) atoms. The topological polar surface area (TPSA) is 54.6 Å². The van der Waals surface area contributed by atoms with Crippen LogP contribution in [-0.4, -0.2) is 20.5 Å². The Labute approximate surface area is 144 Å². The van der Waals surface area contributed by atoms with E-state index in [0.717, 1.165) is 45.0 Å². The molecule has 0 aliphatic rings. The summed E-state index contributed by atoms with van der Waals surface area (Å²) in [5, 5.41) is 11.3. The number of carboxylic acid groups (broad SMARTS) is 1. The van der Waals surface area contributed by atoms with Crippen molar-refractivity contribution >= 4 is 28.5 Å². The van der Waals surface area contributed by atoms with Crippen LogP contribution >= 0.6 is 0 Å². The highest BCUT2D eigenvalue weighted by atomic mass is 16.4. The van der Waals surface area contributed by atoms with Crippen LogP contribution < -0.4 is 0 Å². The Morgan fingerprint density at radius 2 is 1.88 bits per heavy atom. The summed E-state index contributed by atoms with van der Waals surface area (Å²) in [7, 11) is 0. The van der Waals surface area contributed by atoms with Crippen molar-refractivity contribution in [1.82, 2.24) is 9.38 Å². The average Bonchev–Trinajstić information content (AvgIpc) is 2.97. The zero-order chi connectivity index (χ0) is 17.4. The molecule has 0 aliphatic heterocycles. The number of fused-ring (bicyclic) bond motifs is 2. The fraction of sp³-hybridized carbons (Fsp3) is 0.0476. The lowest BCUT2D eigenvalue weighted by Gasteiger charge is -2.03. The number of imidazole rings is 1. The van der Waals surface area contributed by atoms with Crippen LogP contribution in [0.15, 0.2) is 66.9 Å². The molecule has 0 fully saturated rings. The third kappa shape index (κ3) is 2.78. The van der Waals surface area contributed by atoms with E-state index in [1.807, 2.05) is 47.9 Å². The summed E-state index contributed by atoms with van der Waals surface area (Å²) in [6, 6.07) is 18.3. The summed E-state index contributed by atoms with van der Waals surface area (Å²) in [6.07, 6.45) is 4.67. The molecule has 2 aromatic heterocycles. The molecule has 4 nitrogen and oxygen atoms in total. The van der Waals surface area contributed by atoms with Crippen molar-refractivity contribution < 1.29 is 9.90 Å². The van der Waals surface area contributed by atoms with Gasteiger partial charge in [-0.3, -0.25) is 4.40 Å². The number of carbonyl (C=O) groups is 1. The molecule has 0 unspecified atom stereocenters. The minimum absolute atomic E-state index is 0.757. The van der Waals surface area contributed by atoms with Crippen molar-refractivity contribution in [2.24, 2.45) is 0 Å². The smallest absolute Gasteiger partial charge is 0.328 e. The van der Waals surface area contributed by atoms with Crippen LogP contribution in [0.2, 0.25) is 0 Å². The van der Waals surface area contributed by atoms with Crippen LogP contribution in [-0.2, 0) is 4.79 Å². The second-order valence-corrected chi connectivity index (χ2v) is 6.01. The van der Waals surface area contributed by atoms with Gasteiger partial charge in [0, 0.05) is 17.8 Å². The third-order valence-corrected chi connectivity index (χ3v) is 4.23. The van der Waals surface area contributed by atoms with Gasteiger partial charge < -0.3 is 5.11 Å². The first-order chi connectivity index (χ1) is 12.1. The lowest BCUT2D eigenvalue weighted by molar-refractivity contribution is -0.131. The number of nitrogens with zero attached hydrogens (tertiary/aromatic N) is 2. The average molecular weight is 328 g/mol. The predicted octanol–water partition coefficient (Wildman–Crippen LogP) is 4.56. The molecule has 4 aromatic rings. The minimum atomic E-state index is -0.980. The SMILES string of the molecule is Cc1ccn2c(/C=C/C(=O)O)c(-c3ccc4ccccc4c3)nc2c1. The van der Waals surface area contributed by atoms with Gasteiger partial charge in [-0.2, -0.15) is 0 Å². The highest BCUT2D eigenvalue weighted by molar-refractivity contribution is 5.90. The van der Waals surface area contributed by atoms with Gasteiger partial charge in [-0.25, -0.2) is 9.78 Å². The molecule has 122 valence electrons. The molecule has 4 rings (SSSR count). The van der Waals surface area contributed by atoms with E-state index in [1.165, 1.54) is 0 Å². The lowest BCUT2D eigenvalue weighted by Crippen LogP contribution is -1.91. The summed E-state index contributed by atoms with van der Waals surface area (Å²) < 4.78 is 1.91. The second-order valence-electron chi connectivity index (χ2n) is 6.01. The molecule has 4 heteroatoms. The highest BCUT2D eigenvalue weighted by Gasteiger charge is 2.13. The Hall–Kier alpha value is -3.40. The van der Waals surface area contributed by atoms with Gasteiger partial charge in [0.25, 0.3) is 0 Å². The molecular weight excluding hydrogens is 312 g/mol. The van der Waals surface area contributed by atoms with Gasteiger partial charge >= 0.3 is 5.97 Å². The van der Waals surface area contributed by atoms with Gasteiger partial charge in [0.2, 0.25) is 0 Å². The Bertz CT molecular complexity index is 1140. The van der Waals surface area contributed by atoms with E-state index < -0.39 is 5.97 Å². The highest BCUT2D eigenvalue weighted by Crippen LogP contribution is 2.28. The van der Waals surface area contributed by atoms with Gasteiger partial charge in [-0.15, -0.1) is 0 Å². The standard InChI is InChI=1S/C21H16N2O2/c1-14-10-11-23-18(8-9-20(24)25)21(22-19(23)12-14)17-7-6-15-4-2-3-5-16(15)13-17/h2-13H,1H3,(H,24,25)/b9-8+. The molecule has 0 radical (unpaired) electrons. The number of aryl methyl sites for hydroxylation is 1.